The molecule has 0 aliphatic rings. The first-order chi connectivity index (χ1) is 15.1. The quantitative estimate of drug-likeness (QED) is 0.479. The monoisotopic (exact) mass is 455 g/mol. The van der Waals surface area contributed by atoms with Gasteiger partial charge in [0.05, 0.1) is 22.0 Å². The van der Waals surface area contributed by atoms with Gasteiger partial charge in [-0.05, 0) is 45.0 Å². The van der Waals surface area contributed by atoms with Crippen LogP contribution >= 0.6 is 0 Å². The second-order valence-corrected chi connectivity index (χ2v) is 9.32. The summed E-state index contributed by atoms with van der Waals surface area (Å²) >= 11 is 0. The molecule has 0 saturated heterocycles. The number of H-pyrrole nitrogens is 1. The van der Waals surface area contributed by atoms with Gasteiger partial charge in [-0.15, -0.1) is 0 Å². The number of anilines is 2. The number of aryl methyl sites for hydroxylation is 3. The summed E-state index contributed by atoms with van der Waals surface area (Å²) in [6, 6.07) is 13.5. The molecule has 168 valence electrons. The van der Waals surface area contributed by atoms with Crippen LogP contribution in [-0.4, -0.2) is 37.0 Å². The number of hydrogen-bond donors (Lipinski definition) is 3. The highest BCUT2D eigenvalue weighted by Gasteiger charge is 2.26. The zero-order valence-electron chi connectivity index (χ0n) is 18.0. The summed E-state index contributed by atoms with van der Waals surface area (Å²) in [6.45, 7) is 5.31. The number of nitrogens with two attached hydrogens (primary N) is 1. The summed E-state index contributed by atoms with van der Waals surface area (Å²) in [4.78, 5) is 24.2. The molecule has 3 rings (SSSR count). The average Bonchev–Trinajstić information content (AvgIpc) is 3.10. The summed E-state index contributed by atoms with van der Waals surface area (Å²) in [5.74, 6) is -1.26. The average molecular weight is 456 g/mol. The third-order valence-corrected chi connectivity index (χ3v) is 6.76. The molecule has 10 heteroatoms. The molecule has 0 spiro atoms. The van der Waals surface area contributed by atoms with Gasteiger partial charge in [-0.25, -0.2) is 8.42 Å². The maximum atomic E-state index is 13.4. The molecule has 3 aromatic rings. The Labute approximate surface area is 186 Å². The molecule has 1 aromatic heterocycles. The molecular formula is C22H25N5O4S. The highest BCUT2D eigenvalue weighted by molar-refractivity contribution is 7.92. The van der Waals surface area contributed by atoms with Crippen molar-refractivity contribution in [2.45, 2.75) is 32.1 Å². The first kappa shape index (κ1) is 23.0. The highest BCUT2D eigenvalue weighted by Crippen LogP contribution is 2.25. The number of benzene rings is 2. The third-order valence-electron chi connectivity index (χ3n) is 4.92. The Morgan fingerprint density at radius 2 is 1.56 bits per heavy atom. The van der Waals surface area contributed by atoms with E-state index >= 15 is 0 Å². The highest BCUT2D eigenvalue weighted by atomic mass is 32.2. The van der Waals surface area contributed by atoms with Gasteiger partial charge in [-0.1, -0.05) is 35.4 Å². The smallest absolute Gasteiger partial charge is 0.271 e. The van der Waals surface area contributed by atoms with Gasteiger partial charge in [0.1, 0.15) is 0 Å². The van der Waals surface area contributed by atoms with E-state index in [-0.39, 0.29) is 29.2 Å². The van der Waals surface area contributed by atoms with E-state index in [9.17, 15) is 18.0 Å². The predicted molar refractivity (Wildman–Crippen MR) is 122 cm³/mol. The molecule has 0 unspecified atom stereocenters. The van der Waals surface area contributed by atoms with Gasteiger partial charge in [0.2, 0.25) is 5.91 Å². The van der Waals surface area contributed by atoms with Crippen LogP contribution in [-0.2, 0) is 14.8 Å². The minimum atomic E-state index is -3.91. The Bertz CT molecular complexity index is 1230. The third kappa shape index (κ3) is 4.97. The second-order valence-electron chi connectivity index (χ2n) is 7.46. The Balaban J connectivity index is 1.86. The lowest BCUT2D eigenvalue weighted by Crippen LogP contribution is -2.34. The molecule has 0 aliphatic carbocycles. The molecule has 2 amide bonds. The van der Waals surface area contributed by atoms with E-state index in [2.05, 4.69) is 15.5 Å². The van der Waals surface area contributed by atoms with Crippen LogP contribution < -0.4 is 15.4 Å². The Kier molecular flexibility index (Phi) is 6.64. The summed E-state index contributed by atoms with van der Waals surface area (Å²) < 4.78 is 28.0. The fourth-order valence-corrected chi connectivity index (χ4v) is 4.57. The molecular weight excluding hydrogens is 430 g/mol. The number of rotatable bonds is 8. The SMILES string of the molecule is Cc1ccc(N(CCC(=O)Nc2c(C(N)=O)n[nH]c2C)S(=O)(=O)c2ccc(C)cc2)cc1. The number of nitrogens with zero attached hydrogens (tertiary/aromatic N) is 2. The summed E-state index contributed by atoms with van der Waals surface area (Å²) in [5.41, 5.74) is 8.22. The van der Waals surface area contributed by atoms with Gasteiger partial charge in [0, 0.05) is 13.0 Å². The fourth-order valence-electron chi connectivity index (χ4n) is 3.10. The van der Waals surface area contributed by atoms with Crippen molar-refractivity contribution in [1.82, 2.24) is 10.2 Å². The van der Waals surface area contributed by atoms with Crippen LogP contribution in [0.2, 0.25) is 0 Å². The molecule has 1 heterocycles. The van der Waals surface area contributed by atoms with E-state index in [0.29, 0.717) is 11.4 Å². The standard InChI is InChI=1S/C22H25N5O4S/c1-14-4-8-17(9-5-14)27(32(30,31)18-10-6-15(2)7-11-18)13-12-19(28)24-20-16(3)25-26-21(20)22(23)29/h4-11H,12-13H2,1-3H3,(H2,23,29)(H,24,28)(H,25,26). The number of sulfonamides is 1. The molecule has 0 radical (unpaired) electrons. The van der Waals surface area contributed by atoms with Gasteiger partial charge in [0.25, 0.3) is 15.9 Å². The van der Waals surface area contributed by atoms with E-state index in [1.165, 1.54) is 4.31 Å². The van der Waals surface area contributed by atoms with Crippen LogP contribution in [0, 0.1) is 20.8 Å². The van der Waals surface area contributed by atoms with Crippen LogP contribution in [0.5, 0.6) is 0 Å². The maximum absolute atomic E-state index is 13.4. The first-order valence-corrected chi connectivity index (χ1v) is 11.3. The second kappa shape index (κ2) is 9.23. The first-order valence-electron chi connectivity index (χ1n) is 9.90. The zero-order chi connectivity index (χ0) is 23.5. The maximum Gasteiger partial charge on any atom is 0.271 e. The number of nitrogens with one attached hydrogen (secondary N) is 2. The lowest BCUT2D eigenvalue weighted by molar-refractivity contribution is -0.116. The molecule has 0 fully saturated rings. The number of carbonyl (C=O) groups is 2. The van der Waals surface area contributed by atoms with Gasteiger partial charge in [-0.2, -0.15) is 5.10 Å². The van der Waals surface area contributed by atoms with Crippen LogP contribution in [0.4, 0.5) is 11.4 Å². The normalized spacial score (nSPS) is 11.2. The molecule has 2 aromatic carbocycles. The fraction of sp³-hybridized carbons (Fsp3) is 0.227. The predicted octanol–water partition coefficient (Wildman–Crippen LogP) is 2.66. The number of primary amides is 1. The van der Waals surface area contributed by atoms with Crippen molar-refractivity contribution in [3.05, 3.63) is 71.0 Å². The van der Waals surface area contributed by atoms with Crippen LogP contribution in [0.25, 0.3) is 0 Å². The largest absolute Gasteiger partial charge is 0.364 e. The lowest BCUT2D eigenvalue weighted by Gasteiger charge is -2.24. The number of carbonyl (C=O) groups excluding carboxylic acids is 2. The van der Waals surface area contributed by atoms with Crippen molar-refractivity contribution in [1.29, 1.82) is 0 Å². The Morgan fingerprint density at radius 3 is 2.12 bits per heavy atom. The van der Waals surface area contributed by atoms with Crippen molar-refractivity contribution in [3.8, 4) is 0 Å². The minimum Gasteiger partial charge on any atom is -0.364 e. The van der Waals surface area contributed by atoms with E-state index in [0.717, 1.165) is 11.1 Å². The van der Waals surface area contributed by atoms with Gasteiger partial charge < -0.3 is 11.1 Å². The molecule has 0 aliphatic heterocycles. The Morgan fingerprint density at radius 1 is 1.00 bits per heavy atom. The topological polar surface area (TPSA) is 138 Å². The molecule has 32 heavy (non-hydrogen) atoms. The van der Waals surface area contributed by atoms with E-state index < -0.39 is 21.8 Å². The van der Waals surface area contributed by atoms with Crippen molar-refractivity contribution < 1.29 is 18.0 Å². The van der Waals surface area contributed by atoms with Gasteiger partial charge in [0.15, 0.2) is 5.69 Å². The number of amides is 2. The van der Waals surface area contributed by atoms with Crippen LogP contribution in [0.1, 0.15) is 33.7 Å². The lowest BCUT2D eigenvalue weighted by atomic mass is 10.2. The van der Waals surface area contributed by atoms with E-state index in [4.69, 9.17) is 5.73 Å². The van der Waals surface area contributed by atoms with Gasteiger partial charge in [-0.3, -0.25) is 19.0 Å². The number of hydrogen-bond acceptors (Lipinski definition) is 5. The van der Waals surface area contributed by atoms with Crippen LogP contribution in [0.3, 0.4) is 0 Å². The van der Waals surface area contributed by atoms with Crippen LogP contribution in [0.15, 0.2) is 53.4 Å². The summed E-state index contributed by atoms with van der Waals surface area (Å²) in [5, 5.41) is 8.98. The molecule has 0 bridgehead atoms. The van der Waals surface area contributed by atoms with E-state index in [1.54, 1.807) is 55.5 Å². The summed E-state index contributed by atoms with van der Waals surface area (Å²) in [6.07, 6.45) is -0.151. The van der Waals surface area contributed by atoms with Crippen molar-refractivity contribution in [2.24, 2.45) is 5.73 Å². The molecule has 4 N–H and O–H groups in total. The minimum absolute atomic E-state index is 0.0847. The van der Waals surface area contributed by atoms with Crippen molar-refractivity contribution in [3.63, 3.8) is 0 Å². The van der Waals surface area contributed by atoms with Crippen molar-refractivity contribution >= 4 is 33.2 Å². The van der Waals surface area contributed by atoms with Gasteiger partial charge >= 0.3 is 0 Å². The molecule has 0 saturated carbocycles. The van der Waals surface area contributed by atoms with Crippen molar-refractivity contribution in [2.75, 3.05) is 16.2 Å². The number of aromatic amines is 1. The zero-order valence-corrected chi connectivity index (χ0v) is 18.9. The molecule has 9 nitrogen and oxygen atoms in total. The number of aromatic nitrogens is 2. The Hall–Kier alpha value is -3.66. The van der Waals surface area contributed by atoms with E-state index in [1.807, 2.05) is 13.8 Å². The molecule has 0 atom stereocenters. The summed E-state index contributed by atoms with van der Waals surface area (Å²) in [7, 11) is -3.91.